The van der Waals surface area contributed by atoms with Crippen LogP contribution in [0.2, 0.25) is 0 Å². The van der Waals surface area contributed by atoms with Crippen LogP contribution in [0, 0.1) is 5.82 Å². The second-order valence-electron chi connectivity index (χ2n) is 6.37. The number of nitrogens with zero attached hydrogens (tertiary/aromatic N) is 3. The van der Waals surface area contributed by atoms with Crippen LogP contribution in [0.1, 0.15) is 17.3 Å². The molecule has 29 heavy (non-hydrogen) atoms. The zero-order valence-corrected chi connectivity index (χ0v) is 15.6. The summed E-state index contributed by atoms with van der Waals surface area (Å²) in [4.78, 5) is 34.0. The van der Waals surface area contributed by atoms with E-state index in [1.807, 2.05) is 6.92 Å². The molecule has 4 aromatic rings. The van der Waals surface area contributed by atoms with Gasteiger partial charge in [0.05, 0.1) is 5.69 Å². The molecule has 0 unspecified atom stereocenters. The Kier molecular flexibility index (Phi) is 4.87. The van der Waals surface area contributed by atoms with Crippen molar-refractivity contribution in [2.45, 2.75) is 13.5 Å². The Hall–Kier alpha value is -3.87. The van der Waals surface area contributed by atoms with Gasteiger partial charge in [0.25, 0.3) is 11.5 Å². The monoisotopic (exact) mass is 388 g/mol. The molecule has 0 atom stereocenters. The summed E-state index contributed by atoms with van der Waals surface area (Å²) in [6.07, 6.45) is 1.62. The summed E-state index contributed by atoms with van der Waals surface area (Å²) >= 11 is 0. The van der Waals surface area contributed by atoms with E-state index in [1.54, 1.807) is 59.3 Å². The third-order valence-corrected chi connectivity index (χ3v) is 4.56. The number of aromatic nitrogens is 3. The largest absolute Gasteiger partial charge is 0.319 e. The topological polar surface area (TPSA) is 76.9 Å². The van der Waals surface area contributed by atoms with E-state index in [1.165, 1.54) is 12.1 Å². The van der Waals surface area contributed by atoms with Gasteiger partial charge in [0.15, 0.2) is 5.65 Å². The van der Waals surface area contributed by atoms with E-state index in [0.29, 0.717) is 28.8 Å². The van der Waals surface area contributed by atoms with Crippen LogP contribution in [0.5, 0.6) is 0 Å². The molecule has 7 heteroatoms. The van der Waals surface area contributed by atoms with E-state index in [4.69, 9.17) is 0 Å². The van der Waals surface area contributed by atoms with Crippen molar-refractivity contribution in [1.29, 1.82) is 0 Å². The summed E-state index contributed by atoms with van der Waals surface area (Å²) in [6, 6.07) is 16.0. The summed E-state index contributed by atoms with van der Waals surface area (Å²) in [5.41, 5.74) is 2.22. The molecule has 0 aliphatic heterocycles. The first-order valence-corrected chi connectivity index (χ1v) is 9.10. The number of carbonyl (C=O) groups is 1. The molecule has 0 aliphatic rings. The van der Waals surface area contributed by atoms with Gasteiger partial charge in [0.1, 0.15) is 17.0 Å². The van der Waals surface area contributed by atoms with Crippen molar-refractivity contribution >= 4 is 22.8 Å². The van der Waals surface area contributed by atoms with Gasteiger partial charge >= 0.3 is 0 Å². The third-order valence-electron chi connectivity index (χ3n) is 4.56. The molecule has 0 aliphatic carbocycles. The highest BCUT2D eigenvalue weighted by molar-refractivity contribution is 6.04. The molecule has 0 spiro atoms. The molecule has 4 rings (SSSR count). The zero-order valence-electron chi connectivity index (χ0n) is 15.6. The number of rotatable bonds is 4. The second kappa shape index (κ2) is 7.63. The summed E-state index contributed by atoms with van der Waals surface area (Å²) in [7, 11) is 0. The van der Waals surface area contributed by atoms with Crippen LogP contribution in [0.25, 0.3) is 22.4 Å². The van der Waals surface area contributed by atoms with Crippen LogP contribution in [0.3, 0.4) is 0 Å². The van der Waals surface area contributed by atoms with Gasteiger partial charge in [-0.15, -0.1) is 0 Å². The van der Waals surface area contributed by atoms with E-state index in [2.05, 4.69) is 15.3 Å². The zero-order chi connectivity index (χ0) is 20.4. The van der Waals surface area contributed by atoms with Gasteiger partial charge in [-0.1, -0.05) is 24.3 Å². The third kappa shape index (κ3) is 3.50. The molecule has 0 radical (unpaired) electrons. The van der Waals surface area contributed by atoms with E-state index in [-0.39, 0.29) is 16.9 Å². The molecule has 0 saturated carbocycles. The SMILES string of the molecule is CCn1c(=O)c(-c2ccc(C(=O)Nc3ccccc3F)cc2)nc2cccnc21. The molecule has 144 valence electrons. The number of pyridine rings is 1. The maximum Gasteiger partial charge on any atom is 0.278 e. The van der Waals surface area contributed by atoms with Crippen LogP contribution in [-0.4, -0.2) is 20.4 Å². The number of amides is 1. The fourth-order valence-corrected chi connectivity index (χ4v) is 3.09. The van der Waals surface area contributed by atoms with Crippen LogP contribution < -0.4 is 10.9 Å². The van der Waals surface area contributed by atoms with E-state index in [9.17, 15) is 14.0 Å². The molecule has 2 aromatic carbocycles. The highest BCUT2D eigenvalue weighted by Crippen LogP contribution is 2.19. The molecular formula is C22H17FN4O2. The smallest absolute Gasteiger partial charge is 0.278 e. The Balaban J connectivity index is 1.68. The Morgan fingerprint density at radius 1 is 1.07 bits per heavy atom. The van der Waals surface area contributed by atoms with Crippen molar-refractivity contribution in [1.82, 2.24) is 14.5 Å². The van der Waals surface area contributed by atoms with Crippen molar-refractivity contribution in [3.63, 3.8) is 0 Å². The van der Waals surface area contributed by atoms with Gasteiger partial charge in [0.2, 0.25) is 0 Å². The summed E-state index contributed by atoms with van der Waals surface area (Å²) in [5, 5.41) is 2.54. The van der Waals surface area contributed by atoms with Crippen molar-refractivity contribution < 1.29 is 9.18 Å². The molecule has 1 amide bonds. The predicted octanol–water partition coefficient (Wildman–Crippen LogP) is 3.87. The lowest BCUT2D eigenvalue weighted by Gasteiger charge is -2.10. The summed E-state index contributed by atoms with van der Waals surface area (Å²) in [6.45, 7) is 2.33. The fraction of sp³-hybridized carbons (Fsp3) is 0.0909. The van der Waals surface area contributed by atoms with E-state index >= 15 is 0 Å². The van der Waals surface area contributed by atoms with Gasteiger partial charge < -0.3 is 5.32 Å². The number of hydrogen-bond donors (Lipinski definition) is 1. The molecule has 6 nitrogen and oxygen atoms in total. The Morgan fingerprint density at radius 2 is 1.83 bits per heavy atom. The first-order valence-electron chi connectivity index (χ1n) is 9.10. The van der Waals surface area contributed by atoms with Gasteiger partial charge in [-0.2, -0.15) is 0 Å². The molecule has 0 saturated heterocycles. The van der Waals surface area contributed by atoms with Gasteiger partial charge in [-0.25, -0.2) is 14.4 Å². The highest BCUT2D eigenvalue weighted by Gasteiger charge is 2.14. The molecular weight excluding hydrogens is 371 g/mol. The minimum Gasteiger partial charge on any atom is -0.319 e. The lowest BCUT2D eigenvalue weighted by atomic mass is 10.1. The molecule has 0 fully saturated rings. The molecule has 1 N–H and O–H groups in total. The number of nitrogens with one attached hydrogen (secondary N) is 1. The van der Waals surface area contributed by atoms with Crippen molar-refractivity contribution in [3.05, 3.63) is 88.6 Å². The van der Waals surface area contributed by atoms with Crippen LogP contribution >= 0.6 is 0 Å². The van der Waals surface area contributed by atoms with Gasteiger partial charge in [-0.3, -0.25) is 14.2 Å². The molecule has 2 aromatic heterocycles. The standard InChI is InChI=1S/C22H17FN4O2/c1-2-27-20-18(8-5-13-24-20)25-19(22(27)29)14-9-11-15(12-10-14)21(28)26-17-7-4-3-6-16(17)23/h3-13H,2H2,1H3,(H,26,28). The number of aryl methyl sites for hydroxylation is 1. The second-order valence-corrected chi connectivity index (χ2v) is 6.37. The summed E-state index contributed by atoms with van der Waals surface area (Å²) < 4.78 is 15.3. The first kappa shape index (κ1) is 18.5. The number of carbonyl (C=O) groups excluding carboxylic acids is 1. The predicted molar refractivity (Wildman–Crippen MR) is 109 cm³/mol. The lowest BCUT2D eigenvalue weighted by Crippen LogP contribution is -2.23. The number of anilines is 1. The minimum absolute atomic E-state index is 0.108. The van der Waals surface area contributed by atoms with Gasteiger partial charge in [-0.05, 0) is 43.3 Å². The molecule has 2 heterocycles. The minimum atomic E-state index is -0.508. The van der Waals surface area contributed by atoms with Crippen LogP contribution in [-0.2, 0) is 6.54 Å². The Bertz CT molecular complexity index is 1270. The first-order chi connectivity index (χ1) is 14.1. The van der Waals surface area contributed by atoms with Crippen molar-refractivity contribution in [2.75, 3.05) is 5.32 Å². The average molecular weight is 388 g/mol. The average Bonchev–Trinajstić information content (AvgIpc) is 2.75. The number of benzene rings is 2. The maximum atomic E-state index is 13.7. The number of fused-ring (bicyclic) bond motifs is 1. The number of para-hydroxylation sites is 1. The van der Waals surface area contributed by atoms with E-state index in [0.717, 1.165) is 0 Å². The molecule has 0 bridgehead atoms. The number of halogens is 1. The fourth-order valence-electron chi connectivity index (χ4n) is 3.09. The van der Waals surface area contributed by atoms with Crippen LogP contribution in [0.4, 0.5) is 10.1 Å². The quantitative estimate of drug-likeness (QED) is 0.576. The van der Waals surface area contributed by atoms with Crippen LogP contribution in [0.15, 0.2) is 71.7 Å². The Morgan fingerprint density at radius 3 is 2.55 bits per heavy atom. The summed E-state index contributed by atoms with van der Waals surface area (Å²) in [5.74, 6) is -0.949. The maximum absolute atomic E-state index is 13.7. The normalized spacial score (nSPS) is 10.8. The highest BCUT2D eigenvalue weighted by atomic mass is 19.1. The van der Waals surface area contributed by atoms with Crippen molar-refractivity contribution in [3.8, 4) is 11.3 Å². The Labute approximate surface area is 165 Å². The number of hydrogen-bond acceptors (Lipinski definition) is 4. The van der Waals surface area contributed by atoms with Crippen molar-refractivity contribution in [2.24, 2.45) is 0 Å². The van der Waals surface area contributed by atoms with E-state index < -0.39 is 11.7 Å². The lowest BCUT2D eigenvalue weighted by molar-refractivity contribution is 0.102. The van der Waals surface area contributed by atoms with Gasteiger partial charge in [0, 0.05) is 23.9 Å².